The van der Waals surface area contributed by atoms with Crippen molar-refractivity contribution in [3.63, 3.8) is 0 Å². The first-order valence-electron chi connectivity index (χ1n) is 6.62. The zero-order valence-corrected chi connectivity index (χ0v) is 13.7. The Bertz CT molecular complexity index is 778. The molecule has 118 valence electrons. The number of amides is 2. The topological polar surface area (TPSA) is 70.6 Å². The Morgan fingerprint density at radius 2 is 1.91 bits per heavy atom. The molecule has 0 saturated heterocycles. The summed E-state index contributed by atoms with van der Waals surface area (Å²) in [4.78, 5) is 23.3. The van der Waals surface area contributed by atoms with Crippen molar-refractivity contribution in [3.05, 3.63) is 63.9 Å². The maximum Gasteiger partial charge on any atom is 0.329 e. The minimum Gasteiger partial charge on any atom is -0.315 e. The zero-order chi connectivity index (χ0) is 16.8. The Morgan fingerprint density at radius 3 is 2.61 bits per heavy atom. The third-order valence-electron chi connectivity index (χ3n) is 2.94. The fraction of sp³-hybridized carbons (Fsp3) is 0.0625. The molecule has 7 heteroatoms. The summed E-state index contributed by atoms with van der Waals surface area (Å²) < 4.78 is 14.1. The Morgan fingerprint density at radius 1 is 1.17 bits per heavy atom. The summed E-state index contributed by atoms with van der Waals surface area (Å²) in [6.45, 7) is 1.90. The molecule has 23 heavy (non-hydrogen) atoms. The minimum absolute atomic E-state index is 0.0868. The lowest BCUT2D eigenvalue weighted by molar-refractivity contribution is -0.136. The molecule has 0 aliphatic carbocycles. The van der Waals surface area contributed by atoms with Crippen LogP contribution in [0.5, 0.6) is 0 Å². The van der Waals surface area contributed by atoms with E-state index in [4.69, 9.17) is 0 Å². The molecule has 0 aliphatic heterocycles. The summed E-state index contributed by atoms with van der Waals surface area (Å²) in [6, 6.07) is 11.5. The van der Waals surface area contributed by atoms with E-state index in [0.29, 0.717) is 4.47 Å². The predicted octanol–water partition coefficient (Wildman–Crippen LogP) is 2.99. The third-order valence-corrected chi connectivity index (χ3v) is 3.44. The highest BCUT2D eigenvalue weighted by atomic mass is 79.9. The Hall–Kier alpha value is -2.54. The monoisotopic (exact) mass is 377 g/mol. The molecule has 2 aromatic carbocycles. The molecule has 2 rings (SSSR count). The number of halogens is 2. The molecule has 0 radical (unpaired) electrons. The Balaban J connectivity index is 1.95. The molecule has 0 unspecified atom stereocenters. The molecular weight excluding hydrogens is 365 g/mol. The largest absolute Gasteiger partial charge is 0.329 e. The molecule has 2 aromatic rings. The molecule has 0 aliphatic rings. The number of aryl methyl sites for hydroxylation is 1. The number of nitrogens with one attached hydrogen (secondary N) is 2. The average molecular weight is 378 g/mol. The number of carbonyl (C=O) groups excluding carboxylic acids is 2. The van der Waals surface area contributed by atoms with Crippen molar-refractivity contribution in [1.82, 2.24) is 5.43 Å². The molecule has 0 spiro atoms. The molecule has 2 N–H and O–H groups in total. The van der Waals surface area contributed by atoms with Crippen LogP contribution in [0.2, 0.25) is 0 Å². The van der Waals surface area contributed by atoms with E-state index in [9.17, 15) is 14.0 Å². The molecular formula is C16H13BrFN3O2. The summed E-state index contributed by atoms with van der Waals surface area (Å²) in [5.41, 5.74) is 3.80. The van der Waals surface area contributed by atoms with Gasteiger partial charge in [0.05, 0.1) is 11.9 Å². The van der Waals surface area contributed by atoms with Gasteiger partial charge in [-0.05, 0) is 36.2 Å². The minimum atomic E-state index is -1.01. The van der Waals surface area contributed by atoms with E-state index < -0.39 is 17.6 Å². The van der Waals surface area contributed by atoms with Gasteiger partial charge < -0.3 is 5.32 Å². The summed E-state index contributed by atoms with van der Waals surface area (Å²) >= 11 is 3.10. The van der Waals surface area contributed by atoms with Crippen LogP contribution in [-0.2, 0) is 9.59 Å². The molecule has 0 saturated carbocycles. The second-order valence-corrected chi connectivity index (χ2v) is 5.55. The van der Waals surface area contributed by atoms with Crippen molar-refractivity contribution in [2.75, 3.05) is 5.32 Å². The summed E-state index contributed by atoms with van der Waals surface area (Å²) in [7, 11) is 0. The average Bonchev–Trinajstić information content (AvgIpc) is 2.51. The van der Waals surface area contributed by atoms with Gasteiger partial charge in [-0.15, -0.1) is 0 Å². The normalized spacial score (nSPS) is 10.6. The highest BCUT2D eigenvalue weighted by molar-refractivity contribution is 9.10. The van der Waals surface area contributed by atoms with Crippen LogP contribution in [-0.4, -0.2) is 18.0 Å². The van der Waals surface area contributed by atoms with Crippen LogP contribution in [0, 0.1) is 12.7 Å². The van der Waals surface area contributed by atoms with Crippen molar-refractivity contribution in [2.24, 2.45) is 5.10 Å². The highest BCUT2D eigenvalue weighted by Crippen LogP contribution is 2.19. The van der Waals surface area contributed by atoms with Gasteiger partial charge in [0, 0.05) is 4.47 Å². The smallest absolute Gasteiger partial charge is 0.315 e. The van der Waals surface area contributed by atoms with Crippen LogP contribution in [0.25, 0.3) is 0 Å². The lowest BCUT2D eigenvalue weighted by Gasteiger charge is -2.05. The van der Waals surface area contributed by atoms with Gasteiger partial charge in [-0.1, -0.05) is 40.2 Å². The van der Waals surface area contributed by atoms with E-state index in [1.165, 1.54) is 18.3 Å². The van der Waals surface area contributed by atoms with Gasteiger partial charge in [0.1, 0.15) is 5.82 Å². The Kier molecular flexibility index (Phi) is 5.59. The highest BCUT2D eigenvalue weighted by Gasteiger charge is 2.15. The van der Waals surface area contributed by atoms with Gasteiger partial charge in [-0.25, -0.2) is 9.82 Å². The molecule has 0 bridgehead atoms. The van der Waals surface area contributed by atoms with Crippen molar-refractivity contribution >= 4 is 39.6 Å². The summed E-state index contributed by atoms with van der Waals surface area (Å²) in [6.07, 6.45) is 1.43. The Labute approximate surface area is 140 Å². The molecule has 0 atom stereocenters. The number of anilines is 1. The third kappa shape index (κ3) is 4.72. The van der Waals surface area contributed by atoms with E-state index in [2.05, 4.69) is 31.8 Å². The number of hydrogen-bond acceptors (Lipinski definition) is 3. The number of nitrogens with zero attached hydrogens (tertiary/aromatic N) is 1. The van der Waals surface area contributed by atoms with Gasteiger partial charge in [-0.2, -0.15) is 5.10 Å². The van der Waals surface area contributed by atoms with Gasteiger partial charge in [-0.3, -0.25) is 9.59 Å². The van der Waals surface area contributed by atoms with Crippen LogP contribution in [0.3, 0.4) is 0 Å². The van der Waals surface area contributed by atoms with Gasteiger partial charge in [0.25, 0.3) is 0 Å². The van der Waals surface area contributed by atoms with Crippen LogP contribution >= 0.6 is 15.9 Å². The predicted molar refractivity (Wildman–Crippen MR) is 89.6 cm³/mol. The maximum atomic E-state index is 13.6. The van der Waals surface area contributed by atoms with E-state index in [1.54, 1.807) is 6.07 Å². The SMILES string of the molecule is Cc1ccccc1/C=N/NC(=O)C(=O)Nc1ccc(Br)cc1F. The number of hydrogen-bond donors (Lipinski definition) is 2. The van der Waals surface area contributed by atoms with Gasteiger partial charge in [0.2, 0.25) is 0 Å². The first-order valence-corrected chi connectivity index (χ1v) is 7.42. The zero-order valence-electron chi connectivity index (χ0n) is 12.1. The molecule has 2 amide bonds. The standard InChI is InChI=1S/C16H13BrFN3O2/c1-10-4-2-3-5-11(10)9-19-21-16(23)15(22)20-14-7-6-12(17)8-13(14)18/h2-9H,1H3,(H,20,22)(H,21,23)/b19-9+. The van der Waals surface area contributed by atoms with Crippen molar-refractivity contribution in [2.45, 2.75) is 6.92 Å². The maximum absolute atomic E-state index is 13.6. The number of rotatable bonds is 3. The first kappa shape index (κ1) is 16.8. The fourth-order valence-electron chi connectivity index (χ4n) is 1.71. The van der Waals surface area contributed by atoms with Crippen LogP contribution in [0.4, 0.5) is 10.1 Å². The second kappa shape index (κ2) is 7.64. The van der Waals surface area contributed by atoms with E-state index >= 15 is 0 Å². The summed E-state index contributed by atoms with van der Waals surface area (Å²) in [5, 5.41) is 5.89. The number of hydrazone groups is 1. The van der Waals surface area contributed by atoms with Crippen LogP contribution < -0.4 is 10.7 Å². The lowest BCUT2D eigenvalue weighted by atomic mass is 10.1. The fourth-order valence-corrected chi connectivity index (χ4v) is 2.05. The van der Waals surface area contributed by atoms with Gasteiger partial charge >= 0.3 is 11.8 Å². The number of benzene rings is 2. The lowest BCUT2D eigenvalue weighted by Crippen LogP contribution is -2.32. The molecule has 0 aromatic heterocycles. The number of carbonyl (C=O) groups is 2. The second-order valence-electron chi connectivity index (χ2n) is 4.63. The van der Waals surface area contributed by atoms with E-state index in [0.717, 1.165) is 11.1 Å². The molecule has 5 nitrogen and oxygen atoms in total. The summed E-state index contributed by atoms with van der Waals surface area (Å²) in [5.74, 6) is -2.64. The van der Waals surface area contributed by atoms with E-state index in [1.807, 2.05) is 31.2 Å². The quantitative estimate of drug-likeness (QED) is 0.490. The van der Waals surface area contributed by atoms with Crippen molar-refractivity contribution in [3.8, 4) is 0 Å². The molecule has 0 fully saturated rings. The van der Waals surface area contributed by atoms with E-state index in [-0.39, 0.29) is 5.69 Å². The van der Waals surface area contributed by atoms with Crippen LogP contribution in [0.15, 0.2) is 52.0 Å². The van der Waals surface area contributed by atoms with Crippen LogP contribution in [0.1, 0.15) is 11.1 Å². The first-order chi connectivity index (χ1) is 11.0. The van der Waals surface area contributed by atoms with Crippen molar-refractivity contribution in [1.29, 1.82) is 0 Å². The van der Waals surface area contributed by atoms with Gasteiger partial charge in [0.15, 0.2) is 0 Å². The molecule has 0 heterocycles. The van der Waals surface area contributed by atoms with Crippen molar-refractivity contribution < 1.29 is 14.0 Å².